The van der Waals surface area contributed by atoms with Crippen molar-refractivity contribution >= 4 is 17.6 Å². The Balaban J connectivity index is 1.71. The van der Waals surface area contributed by atoms with E-state index in [9.17, 15) is 27.6 Å². The smallest absolute Gasteiger partial charge is 0.384 e. The van der Waals surface area contributed by atoms with Gasteiger partial charge in [-0.2, -0.15) is 18.3 Å². The lowest BCUT2D eigenvalue weighted by Crippen LogP contribution is -2.52. The van der Waals surface area contributed by atoms with Gasteiger partial charge in [-0.05, 0) is 30.7 Å². The summed E-state index contributed by atoms with van der Waals surface area (Å²) in [5.74, 6) is -1.65. The van der Waals surface area contributed by atoms with E-state index in [1.807, 2.05) is 0 Å². The van der Waals surface area contributed by atoms with Gasteiger partial charge >= 0.3 is 6.18 Å². The van der Waals surface area contributed by atoms with Crippen LogP contribution in [0.1, 0.15) is 28.5 Å². The minimum absolute atomic E-state index is 0.00884. The van der Waals surface area contributed by atoms with Crippen molar-refractivity contribution < 1.29 is 27.6 Å². The van der Waals surface area contributed by atoms with Gasteiger partial charge in [0.15, 0.2) is 5.69 Å². The van der Waals surface area contributed by atoms with E-state index in [-0.39, 0.29) is 42.8 Å². The molecule has 4 N–H and O–H groups in total. The van der Waals surface area contributed by atoms with E-state index in [0.717, 1.165) is 12.1 Å². The van der Waals surface area contributed by atoms with Gasteiger partial charge < -0.3 is 21.3 Å². The number of carbonyl (C=O) groups is 3. The third-order valence-corrected chi connectivity index (χ3v) is 4.36. The molecular weight excluding hydrogens is 417 g/mol. The van der Waals surface area contributed by atoms with Crippen molar-refractivity contribution in [3.8, 4) is 0 Å². The van der Waals surface area contributed by atoms with Crippen LogP contribution in [0, 0.1) is 0 Å². The van der Waals surface area contributed by atoms with E-state index in [1.54, 1.807) is 0 Å². The maximum Gasteiger partial charge on any atom is 0.416 e. The molecule has 0 spiro atoms. The Morgan fingerprint density at radius 2 is 2.03 bits per heavy atom. The summed E-state index contributed by atoms with van der Waals surface area (Å²) in [5, 5.41) is 9.12. The van der Waals surface area contributed by atoms with Crippen molar-refractivity contribution in [2.24, 2.45) is 5.73 Å². The van der Waals surface area contributed by atoms with E-state index in [4.69, 9.17) is 5.73 Å². The number of hydrogen-bond donors (Lipinski definition) is 3. The van der Waals surface area contributed by atoms with E-state index < -0.39 is 23.6 Å². The van der Waals surface area contributed by atoms with Gasteiger partial charge in [0.25, 0.3) is 11.8 Å². The molecule has 1 aliphatic heterocycles. The number of carbonyl (C=O) groups excluding carboxylic acids is 3. The molecule has 3 rings (SSSR count). The van der Waals surface area contributed by atoms with Crippen LogP contribution in [0.4, 0.5) is 13.2 Å². The van der Waals surface area contributed by atoms with Crippen molar-refractivity contribution in [2.75, 3.05) is 13.2 Å². The number of alkyl halides is 3. The monoisotopic (exact) mass is 436 g/mol. The Hall–Kier alpha value is -3.83. The fourth-order valence-corrected chi connectivity index (χ4v) is 2.91. The summed E-state index contributed by atoms with van der Waals surface area (Å²) in [6.07, 6.45) is -3.04. The molecule has 0 saturated heterocycles. The number of benzene rings is 1. The molecule has 1 aromatic heterocycles. The van der Waals surface area contributed by atoms with Gasteiger partial charge in [-0.3, -0.25) is 19.1 Å². The van der Waals surface area contributed by atoms with Crippen LogP contribution in [-0.2, 0) is 22.3 Å². The Labute approximate surface area is 174 Å². The Bertz CT molecular complexity index is 1060. The molecule has 1 aromatic carbocycles. The number of nitrogens with zero attached hydrogens (tertiary/aromatic N) is 3. The summed E-state index contributed by atoms with van der Waals surface area (Å²) in [4.78, 5) is 37.4. The molecule has 0 radical (unpaired) electrons. The van der Waals surface area contributed by atoms with Gasteiger partial charge in [0.1, 0.15) is 17.3 Å². The topological polar surface area (TPSA) is 122 Å². The lowest BCUT2D eigenvalue weighted by atomic mass is 10.1. The zero-order chi connectivity index (χ0) is 22.8. The first kappa shape index (κ1) is 21.9. The van der Waals surface area contributed by atoms with Crippen LogP contribution in [0.15, 0.2) is 48.0 Å². The number of rotatable bonds is 6. The Kier molecular flexibility index (Phi) is 5.99. The normalized spacial score (nSPS) is 14.5. The SMILES string of the molecule is CC(=O)CN1CNC(N)=C(NC(=O)c2ccn(Cc3cccc(C(F)(F)F)c3)n2)C1=O. The number of ketones is 1. The van der Waals surface area contributed by atoms with E-state index in [1.165, 1.54) is 40.9 Å². The second-order valence-corrected chi connectivity index (χ2v) is 6.88. The zero-order valence-electron chi connectivity index (χ0n) is 16.4. The fraction of sp³-hybridized carbons (Fsp3) is 0.263. The lowest BCUT2D eigenvalue weighted by Gasteiger charge is -2.29. The van der Waals surface area contributed by atoms with E-state index in [0.29, 0.717) is 5.56 Å². The molecule has 2 amide bonds. The second-order valence-electron chi connectivity index (χ2n) is 6.88. The number of Topliss-reactive ketones (excluding diaryl/α,β-unsaturated/α-hetero) is 1. The fourth-order valence-electron chi connectivity index (χ4n) is 2.91. The molecule has 2 aromatic rings. The molecule has 0 unspecified atom stereocenters. The number of amides is 2. The van der Waals surface area contributed by atoms with Gasteiger partial charge in [-0.15, -0.1) is 0 Å². The molecule has 0 bridgehead atoms. The van der Waals surface area contributed by atoms with E-state index >= 15 is 0 Å². The summed E-state index contributed by atoms with van der Waals surface area (Å²) >= 11 is 0. The minimum atomic E-state index is -4.46. The predicted octanol–water partition coefficient (Wildman–Crippen LogP) is 0.786. The summed E-state index contributed by atoms with van der Waals surface area (Å²) in [6, 6.07) is 6.13. The molecule has 1 aliphatic rings. The molecule has 0 fully saturated rings. The van der Waals surface area contributed by atoms with Crippen molar-refractivity contribution in [1.82, 2.24) is 25.3 Å². The maximum atomic E-state index is 12.9. The molecular formula is C19H19F3N6O3. The van der Waals surface area contributed by atoms with Crippen LogP contribution in [0.2, 0.25) is 0 Å². The van der Waals surface area contributed by atoms with Crippen LogP contribution < -0.4 is 16.4 Å². The highest BCUT2D eigenvalue weighted by Gasteiger charge is 2.31. The van der Waals surface area contributed by atoms with Crippen LogP contribution >= 0.6 is 0 Å². The van der Waals surface area contributed by atoms with Crippen LogP contribution in [0.5, 0.6) is 0 Å². The first-order valence-corrected chi connectivity index (χ1v) is 9.08. The number of hydrogen-bond acceptors (Lipinski definition) is 6. The average Bonchev–Trinajstić information content (AvgIpc) is 3.15. The van der Waals surface area contributed by atoms with Crippen molar-refractivity contribution in [1.29, 1.82) is 0 Å². The largest absolute Gasteiger partial charge is 0.416 e. The maximum absolute atomic E-state index is 12.9. The number of nitrogens with one attached hydrogen (secondary N) is 2. The highest BCUT2D eigenvalue weighted by Crippen LogP contribution is 2.29. The van der Waals surface area contributed by atoms with Crippen LogP contribution in [0.3, 0.4) is 0 Å². The van der Waals surface area contributed by atoms with Crippen LogP contribution in [-0.4, -0.2) is 45.5 Å². The highest BCUT2D eigenvalue weighted by atomic mass is 19.4. The van der Waals surface area contributed by atoms with Gasteiger partial charge in [-0.1, -0.05) is 12.1 Å². The van der Waals surface area contributed by atoms with Crippen molar-refractivity contribution in [3.05, 3.63) is 64.9 Å². The lowest BCUT2D eigenvalue weighted by molar-refractivity contribution is -0.137. The third kappa shape index (κ3) is 5.21. The molecule has 0 aliphatic carbocycles. The quantitative estimate of drug-likeness (QED) is 0.615. The zero-order valence-corrected chi connectivity index (χ0v) is 16.4. The molecule has 0 saturated carbocycles. The Morgan fingerprint density at radius 3 is 2.71 bits per heavy atom. The summed E-state index contributed by atoms with van der Waals surface area (Å²) in [6.45, 7) is 1.21. The highest BCUT2D eigenvalue weighted by molar-refractivity contribution is 6.03. The Morgan fingerprint density at radius 1 is 1.29 bits per heavy atom. The molecule has 164 valence electrons. The average molecular weight is 436 g/mol. The standard InChI is InChI=1S/C19H19F3N6O3/c1-11(29)8-27-10-24-16(23)15(18(27)31)25-17(30)14-5-6-28(26-14)9-12-3-2-4-13(7-12)19(20,21)22/h2-7,24H,8-10,23H2,1H3,(H,25,30). The summed E-state index contributed by atoms with van der Waals surface area (Å²) in [7, 11) is 0. The number of halogens is 3. The summed E-state index contributed by atoms with van der Waals surface area (Å²) < 4.78 is 39.9. The van der Waals surface area contributed by atoms with Gasteiger partial charge in [0.2, 0.25) is 0 Å². The van der Waals surface area contributed by atoms with E-state index in [2.05, 4.69) is 15.7 Å². The third-order valence-electron chi connectivity index (χ3n) is 4.36. The molecule has 31 heavy (non-hydrogen) atoms. The van der Waals surface area contributed by atoms with Crippen LogP contribution in [0.25, 0.3) is 0 Å². The van der Waals surface area contributed by atoms with Gasteiger partial charge in [0, 0.05) is 6.20 Å². The molecule has 2 heterocycles. The van der Waals surface area contributed by atoms with Crippen molar-refractivity contribution in [2.45, 2.75) is 19.6 Å². The first-order valence-electron chi connectivity index (χ1n) is 9.08. The number of aromatic nitrogens is 2. The molecule has 12 heteroatoms. The summed E-state index contributed by atoms with van der Waals surface area (Å²) in [5.41, 5.74) is 5.03. The predicted molar refractivity (Wildman–Crippen MR) is 102 cm³/mol. The molecule has 0 atom stereocenters. The van der Waals surface area contributed by atoms with Gasteiger partial charge in [0.05, 0.1) is 25.3 Å². The first-order chi connectivity index (χ1) is 14.5. The minimum Gasteiger partial charge on any atom is -0.384 e. The second kappa shape index (κ2) is 8.50. The number of nitrogens with two attached hydrogens (primary N) is 1. The molecule has 9 nitrogen and oxygen atoms in total. The van der Waals surface area contributed by atoms with Crippen molar-refractivity contribution in [3.63, 3.8) is 0 Å². The van der Waals surface area contributed by atoms with Gasteiger partial charge in [-0.25, -0.2) is 0 Å².